The lowest BCUT2D eigenvalue weighted by atomic mass is 10.3. The van der Waals surface area contributed by atoms with Crippen LogP contribution in [-0.2, 0) is 11.3 Å². The minimum atomic E-state index is -0.000578. The van der Waals surface area contributed by atoms with Gasteiger partial charge in [0.15, 0.2) is 0 Å². The molecular weight excluding hydrogens is 252 g/mol. The van der Waals surface area contributed by atoms with Gasteiger partial charge in [0.05, 0.1) is 17.3 Å². The molecule has 0 bridgehead atoms. The van der Waals surface area contributed by atoms with Crippen molar-refractivity contribution in [1.29, 1.82) is 0 Å². The number of carbonyl (C=O) groups excluding carboxylic acids is 1. The number of nitrogens with zero attached hydrogens (tertiary/aromatic N) is 2. The Labute approximate surface area is 112 Å². The largest absolute Gasteiger partial charge is 0.384 e. The fourth-order valence-electron chi connectivity index (χ4n) is 1.56. The van der Waals surface area contributed by atoms with Crippen molar-refractivity contribution in [2.75, 3.05) is 25.4 Å². The quantitative estimate of drug-likeness (QED) is 0.817. The van der Waals surface area contributed by atoms with Crippen LogP contribution in [0.3, 0.4) is 0 Å². The van der Waals surface area contributed by atoms with Gasteiger partial charge < -0.3 is 11.1 Å². The first-order valence-electron chi connectivity index (χ1n) is 5.96. The van der Waals surface area contributed by atoms with Gasteiger partial charge in [-0.05, 0) is 25.6 Å². The average Bonchev–Trinajstić information content (AvgIpc) is 2.33. The zero-order valence-electron chi connectivity index (χ0n) is 10.7. The molecule has 0 radical (unpaired) electrons. The molecule has 0 aliphatic heterocycles. The van der Waals surface area contributed by atoms with Crippen molar-refractivity contribution in [2.45, 2.75) is 20.4 Å². The number of halogens is 1. The second kappa shape index (κ2) is 7.18. The molecule has 100 valence electrons. The molecule has 6 heteroatoms. The Kier molecular flexibility index (Phi) is 5.88. The molecule has 1 heterocycles. The number of nitrogens with two attached hydrogens (primary N) is 1. The molecule has 0 unspecified atom stereocenters. The van der Waals surface area contributed by atoms with Crippen molar-refractivity contribution >= 4 is 23.3 Å². The predicted molar refractivity (Wildman–Crippen MR) is 73.3 cm³/mol. The third kappa shape index (κ3) is 4.50. The molecule has 5 nitrogen and oxygen atoms in total. The van der Waals surface area contributed by atoms with Gasteiger partial charge in [-0.3, -0.25) is 9.69 Å². The number of amides is 1. The van der Waals surface area contributed by atoms with Crippen LogP contribution in [0.2, 0.25) is 5.02 Å². The Balaban J connectivity index is 2.67. The molecule has 0 fully saturated rings. The van der Waals surface area contributed by atoms with Crippen molar-refractivity contribution in [3.8, 4) is 0 Å². The minimum Gasteiger partial charge on any atom is -0.384 e. The van der Waals surface area contributed by atoms with Crippen LogP contribution < -0.4 is 11.1 Å². The fourth-order valence-corrected chi connectivity index (χ4v) is 1.72. The van der Waals surface area contributed by atoms with Gasteiger partial charge in [-0.1, -0.05) is 18.5 Å². The molecule has 1 rings (SSSR count). The van der Waals surface area contributed by atoms with Crippen molar-refractivity contribution in [3.63, 3.8) is 0 Å². The summed E-state index contributed by atoms with van der Waals surface area (Å²) in [5.41, 5.74) is 6.32. The number of likely N-dealkylation sites (N-methyl/N-ethyl adjacent to an activating group) is 2. The zero-order chi connectivity index (χ0) is 13.5. The van der Waals surface area contributed by atoms with Gasteiger partial charge in [-0.25, -0.2) is 4.98 Å². The van der Waals surface area contributed by atoms with E-state index >= 15 is 0 Å². The van der Waals surface area contributed by atoms with Crippen LogP contribution in [-0.4, -0.2) is 35.4 Å². The maximum atomic E-state index is 11.5. The average molecular weight is 271 g/mol. The molecular formula is C12H19ClN4O. The number of rotatable bonds is 6. The van der Waals surface area contributed by atoms with E-state index < -0.39 is 0 Å². The highest BCUT2D eigenvalue weighted by Gasteiger charge is 2.12. The molecule has 0 aliphatic carbocycles. The van der Waals surface area contributed by atoms with E-state index in [0.717, 1.165) is 6.54 Å². The summed E-state index contributed by atoms with van der Waals surface area (Å²) in [7, 11) is 0. The SMILES string of the molecule is CCNC(=O)CN(CC)Cc1nc(N)ccc1Cl. The Bertz CT molecular complexity index is 411. The van der Waals surface area contributed by atoms with E-state index in [9.17, 15) is 4.79 Å². The monoisotopic (exact) mass is 270 g/mol. The second-order valence-corrected chi connectivity index (χ2v) is 4.33. The summed E-state index contributed by atoms with van der Waals surface area (Å²) in [5, 5.41) is 3.33. The lowest BCUT2D eigenvalue weighted by Gasteiger charge is -2.19. The van der Waals surface area contributed by atoms with E-state index in [1.54, 1.807) is 12.1 Å². The van der Waals surface area contributed by atoms with Gasteiger partial charge in [-0.2, -0.15) is 0 Å². The number of hydrogen-bond donors (Lipinski definition) is 2. The lowest BCUT2D eigenvalue weighted by molar-refractivity contribution is -0.122. The Morgan fingerprint density at radius 2 is 2.22 bits per heavy atom. The van der Waals surface area contributed by atoms with Crippen molar-refractivity contribution < 1.29 is 4.79 Å². The number of pyridine rings is 1. The summed E-state index contributed by atoms with van der Waals surface area (Å²) in [6.07, 6.45) is 0. The zero-order valence-corrected chi connectivity index (χ0v) is 11.5. The molecule has 0 saturated heterocycles. The Morgan fingerprint density at radius 1 is 1.50 bits per heavy atom. The standard InChI is InChI=1S/C12H19ClN4O/c1-3-15-12(18)8-17(4-2)7-10-9(13)5-6-11(14)16-10/h5-6H,3-4,7-8H2,1-2H3,(H2,14,16)(H,15,18). The molecule has 0 aliphatic rings. The van der Waals surface area contributed by atoms with Crippen molar-refractivity contribution in [2.24, 2.45) is 0 Å². The highest BCUT2D eigenvalue weighted by molar-refractivity contribution is 6.31. The van der Waals surface area contributed by atoms with Crippen LogP contribution in [0.5, 0.6) is 0 Å². The van der Waals surface area contributed by atoms with Crippen LogP contribution in [0.1, 0.15) is 19.5 Å². The number of nitrogens with one attached hydrogen (secondary N) is 1. The van der Waals surface area contributed by atoms with E-state index in [0.29, 0.717) is 36.2 Å². The summed E-state index contributed by atoms with van der Waals surface area (Å²) in [6, 6.07) is 3.38. The van der Waals surface area contributed by atoms with Crippen molar-refractivity contribution in [3.05, 3.63) is 22.8 Å². The first-order valence-corrected chi connectivity index (χ1v) is 6.34. The number of anilines is 1. The fraction of sp³-hybridized carbons (Fsp3) is 0.500. The van der Waals surface area contributed by atoms with Crippen LogP contribution >= 0.6 is 11.6 Å². The van der Waals surface area contributed by atoms with Gasteiger partial charge in [0.25, 0.3) is 0 Å². The molecule has 0 atom stereocenters. The molecule has 0 saturated carbocycles. The van der Waals surface area contributed by atoms with Gasteiger partial charge in [0.1, 0.15) is 5.82 Å². The van der Waals surface area contributed by atoms with E-state index in [2.05, 4.69) is 10.3 Å². The Morgan fingerprint density at radius 3 is 2.83 bits per heavy atom. The van der Waals surface area contributed by atoms with Crippen molar-refractivity contribution in [1.82, 2.24) is 15.2 Å². The second-order valence-electron chi connectivity index (χ2n) is 3.92. The van der Waals surface area contributed by atoms with Crippen LogP contribution in [0, 0.1) is 0 Å². The molecule has 0 spiro atoms. The summed E-state index contributed by atoms with van der Waals surface area (Å²) < 4.78 is 0. The highest BCUT2D eigenvalue weighted by atomic mass is 35.5. The first kappa shape index (κ1) is 14.7. The van der Waals surface area contributed by atoms with Gasteiger partial charge in [-0.15, -0.1) is 0 Å². The molecule has 1 amide bonds. The Hall–Kier alpha value is -1.33. The van der Waals surface area contributed by atoms with Gasteiger partial charge in [0, 0.05) is 13.1 Å². The first-order chi connectivity index (χ1) is 8.56. The van der Waals surface area contributed by atoms with Gasteiger partial charge >= 0.3 is 0 Å². The van der Waals surface area contributed by atoms with E-state index in [4.69, 9.17) is 17.3 Å². The van der Waals surface area contributed by atoms with Crippen LogP contribution in [0.15, 0.2) is 12.1 Å². The number of carbonyl (C=O) groups is 1. The molecule has 0 aromatic carbocycles. The smallest absolute Gasteiger partial charge is 0.234 e. The molecule has 1 aromatic rings. The normalized spacial score (nSPS) is 10.7. The number of nitrogen functional groups attached to an aromatic ring is 1. The topological polar surface area (TPSA) is 71.2 Å². The number of aromatic nitrogens is 1. The van der Waals surface area contributed by atoms with Crippen LogP contribution in [0.4, 0.5) is 5.82 Å². The third-order valence-electron chi connectivity index (χ3n) is 2.50. The summed E-state index contributed by atoms with van der Waals surface area (Å²) in [4.78, 5) is 17.7. The maximum absolute atomic E-state index is 11.5. The molecule has 18 heavy (non-hydrogen) atoms. The third-order valence-corrected chi connectivity index (χ3v) is 2.85. The van der Waals surface area contributed by atoms with Gasteiger partial charge in [0.2, 0.25) is 5.91 Å². The minimum absolute atomic E-state index is 0.000578. The van der Waals surface area contributed by atoms with E-state index in [1.807, 2.05) is 18.7 Å². The summed E-state index contributed by atoms with van der Waals surface area (Å²) >= 11 is 6.05. The van der Waals surface area contributed by atoms with E-state index in [-0.39, 0.29) is 5.91 Å². The molecule has 1 aromatic heterocycles. The molecule has 3 N–H and O–H groups in total. The lowest BCUT2D eigenvalue weighted by Crippen LogP contribution is -2.36. The van der Waals surface area contributed by atoms with E-state index in [1.165, 1.54) is 0 Å². The maximum Gasteiger partial charge on any atom is 0.234 e. The summed E-state index contributed by atoms with van der Waals surface area (Å²) in [5.74, 6) is 0.433. The van der Waals surface area contributed by atoms with Crippen LogP contribution in [0.25, 0.3) is 0 Å². The summed E-state index contributed by atoms with van der Waals surface area (Å²) in [6.45, 7) is 6.09. The highest BCUT2D eigenvalue weighted by Crippen LogP contribution is 2.16. The number of hydrogen-bond acceptors (Lipinski definition) is 4. The predicted octanol–water partition coefficient (Wildman–Crippen LogP) is 1.28.